The molecule has 0 spiro atoms. The molecule has 0 radical (unpaired) electrons. The topological polar surface area (TPSA) is 63.7 Å². The van der Waals surface area contributed by atoms with Crippen LogP contribution in [0.25, 0.3) is 0 Å². The van der Waals surface area contributed by atoms with Crippen LogP contribution in [-0.2, 0) is 9.47 Å². The number of carbonyl (C=O) groups is 1. The van der Waals surface area contributed by atoms with Crippen molar-refractivity contribution in [2.75, 3.05) is 26.2 Å². The van der Waals surface area contributed by atoms with Gasteiger partial charge < -0.3 is 19.7 Å². The van der Waals surface area contributed by atoms with E-state index in [2.05, 4.69) is 17.2 Å². The van der Waals surface area contributed by atoms with E-state index in [9.17, 15) is 4.79 Å². The molecule has 1 aromatic rings. The van der Waals surface area contributed by atoms with E-state index in [0.717, 1.165) is 19.4 Å². The quantitative estimate of drug-likeness (QED) is 0.799. The lowest BCUT2D eigenvalue weighted by Crippen LogP contribution is -2.43. The molecule has 1 aliphatic heterocycles. The van der Waals surface area contributed by atoms with E-state index in [-0.39, 0.29) is 18.2 Å². The van der Waals surface area contributed by atoms with Crippen molar-refractivity contribution in [1.29, 1.82) is 0 Å². The number of nitrogens with zero attached hydrogens (tertiary/aromatic N) is 2. The first-order valence-corrected chi connectivity index (χ1v) is 9.08. The maximum absolute atomic E-state index is 12.0. The first kappa shape index (κ1) is 19.7. The summed E-state index contributed by atoms with van der Waals surface area (Å²) in [6.07, 6.45) is 5.33. The standard InChI is InChI=1S/C19H31N3O3/c1-15(16-5-9-20-10-6-16)21-11-14-24-17-7-12-22(13-8-17)18(23)25-19(2,3)4/h5-6,9-10,15,17,21H,7-8,11-14H2,1-4H3. The lowest BCUT2D eigenvalue weighted by molar-refractivity contribution is -0.0107. The third kappa shape index (κ3) is 7.00. The van der Waals surface area contributed by atoms with Crippen molar-refractivity contribution >= 4 is 6.09 Å². The summed E-state index contributed by atoms with van der Waals surface area (Å²) in [6.45, 7) is 10.7. The predicted octanol–water partition coefficient (Wildman–Crippen LogP) is 3.15. The van der Waals surface area contributed by atoms with Crippen molar-refractivity contribution < 1.29 is 14.3 Å². The molecule has 1 N–H and O–H groups in total. The first-order chi connectivity index (χ1) is 11.8. The van der Waals surface area contributed by atoms with Gasteiger partial charge >= 0.3 is 6.09 Å². The van der Waals surface area contributed by atoms with Gasteiger partial charge in [0.25, 0.3) is 0 Å². The molecule has 140 valence electrons. The maximum Gasteiger partial charge on any atom is 0.410 e. The lowest BCUT2D eigenvalue weighted by Gasteiger charge is -2.33. The van der Waals surface area contributed by atoms with Crippen LogP contribution < -0.4 is 5.32 Å². The Morgan fingerprint density at radius 2 is 1.96 bits per heavy atom. The van der Waals surface area contributed by atoms with Crippen LogP contribution in [0.1, 0.15) is 52.1 Å². The van der Waals surface area contributed by atoms with Gasteiger partial charge in [0.2, 0.25) is 0 Å². The summed E-state index contributed by atoms with van der Waals surface area (Å²) in [5.41, 5.74) is 0.780. The minimum Gasteiger partial charge on any atom is -0.444 e. The molecule has 1 saturated heterocycles. The Kier molecular flexibility index (Phi) is 7.20. The molecule has 0 aliphatic carbocycles. The van der Waals surface area contributed by atoms with Crippen molar-refractivity contribution in [1.82, 2.24) is 15.2 Å². The summed E-state index contributed by atoms with van der Waals surface area (Å²) < 4.78 is 11.4. The molecule has 0 bridgehead atoms. The molecule has 1 aromatic heterocycles. The van der Waals surface area contributed by atoms with Gasteiger partial charge in [0.15, 0.2) is 0 Å². The molecule has 2 heterocycles. The second-order valence-electron chi connectivity index (χ2n) is 7.49. The summed E-state index contributed by atoms with van der Waals surface area (Å²) in [6, 6.07) is 4.32. The van der Waals surface area contributed by atoms with Crippen LogP contribution in [0, 0.1) is 0 Å². The molecule has 0 saturated carbocycles. The van der Waals surface area contributed by atoms with E-state index in [0.29, 0.717) is 19.7 Å². The Morgan fingerprint density at radius 1 is 1.32 bits per heavy atom. The van der Waals surface area contributed by atoms with Gasteiger partial charge in [-0.1, -0.05) is 0 Å². The molecule has 25 heavy (non-hydrogen) atoms. The van der Waals surface area contributed by atoms with Crippen molar-refractivity contribution in [3.8, 4) is 0 Å². The SMILES string of the molecule is CC(NCCOC1CCN(C(=O)OC(C)(C)C)CC1)c1ccncc1. The highest BCUT2D eigenvalue weighted by Crippen LogP contribution is 2.17. The fourth-order valence-corrected chi connectivity index (χ4v) is 2.80. The average Bonchev–Trinajstić information content (AvgIpc) is 2.58. The van der Waals surface area contributed by atoms with Gasteiger partial charge in [0.1, 0.15) is 5.60 Å². The number of carbonyl (C=O) groups excluding carboxylic acids is 1. The molecule has 1 aliphatic rings. The fourth-order valence-electron chi connectivity index (χ4n) is 2.80. The Labute approximate surface area is 150 Å². The molecular weight excluding hydrogens is 318 g/mol. The monoisotopic (exact) mass is 349 g/mol. The van der Waals surface area contributed by atoms with Crippen LogP contribution in [0.3, 0.4) is 0 Å². The van der Waals surface area contributed by atoms with Crippen molar-refractivity contribution in [2.24, 2.45) is 0 Å². The number of rotatable bonds is 6. The smallest absolute Gasteiger partial charge is 0.410 e. The van der Waals surface area contributed by atoms with Gasteiger partial charge in [-0.15, -0.1) is 0 Å². The van der Waals surface area contributed by atoms with Crippen molar-refractivity contribution in [3.63, 3.8) is 0 Å². The number of ether oxygens (including phenoxy) is 2. The number of piperidine rings is 1. The largest absolute Gasteiger partial charge is 0.444 e. The predicted molar refractivity (Wildman–Crippen MR) is 97.4 cm³/mol. The third-order valence-corrected chi connectivity index (χ3v) is 4.21. The molecular formula is C19H31N3O3. The lowest BCUT2D eigenvalue weighted by atomic mass is 10.1. The second kappa shape index (κ2) is 9.15. The van der Waals surface area contributed by atoms with Crippen LogP contribution in [0.2, 0.25) is 0 Å². The summed E-state index contributed by atoms with van der Waals surface area (Å²) >= 11 is 0. The second-order valence-corrected chi connectivity index (χ2v) is 7.49. The molecule has 2 rings (SSSR count). The number of nitrogens with one attached hydrogen (secondary N) is 1. The van der Waals surface area contributed by atoms with E-state index in [1.54, 1.807) is 4.90 Å². The normalized spacial score (nSPS) is 17.4. The van der Waals surface area contributed by atoms with Gasteiger partial charge in [0.05, 0.1) is 12.7 Å². The summed E-state index contributed by atoms with van der Waals surface area (Å²) in [5, 5.41) is 3.45. The van der Waals surface area contributed by atoms with Crippen molar-refractivity contribution in [3.05, 3.63) is 30.1 Å². The molecule has 0 aromatic carbocycles. The minimum atomic E-state index is -0.443. The zero-order chi connectivity index (χ0) is 18.3. The van der Waals surface area contributed by atoms with Crippen LogP contribution in [0.4, 0.5) is 4.79 Å². The fraction of sp³-hybridized carbons (Fsp3) is 0.684. The van der Waals surface area contributed by atoms with Crippen LogP contribution in [0.15, 0.2) is 24.5 Å². The number of hydrogen-bond donors (Lipinski definition) is 1. The van der Waals surface area contributed by atoms with Crippen LogP contribution >= 0.6 is 0 Å². The highest BCUT2D eigenvalue weighted by Gasteiger charge is 2.27. The Bertz CT molecular complexity index is 522. The molecule has 1 atom stereocenters. The van der Waals surface area contributed by atoms with Gasteiger partial charge in [0, 0.05) is 38.1 Å². The van der Waals surface area contributed by atoms with E-state index in [4.69, 9.17) is 9.47 Å². The summed E-state index contributed by atoms with van der Waals surface area (Å²) in [4.78, 5) is 17.8. The number of pyridine rings is 1. The zero-order valence-electron chi connectivity index (χ0n) is 15.8. The molecule has 1 unspecified atom stereocenters. The minimum absolute atomic E-state index is 0.219. The highest BCUT2D eigenvalue weighted by atomic mass is 16.6. The number of aromatic nitrogens is 1. The van der Waals surface area contributed by atoms with Gasteiger partial charge in [-0.05, 0) is 58.2 Å². The van der Waals surface area contributed by atoms with Gasteiger partial charge in [-0.3, -0.25) is 4.98 Å². The first-order valence-electron chi connectivity index (χ1n) is 9.08. The van der Waals surface area contributed by atoms with E-state index < -0.39 is 5.60 Å². The van der Waals surface area contributed by atoms with Crippen LogP contribution in [0.5, 0.6) is 0 Å². The van der Waals surface area contributed by atoms with E-state index in [1.165, 1.54) is 5.56 Å². The highest BCUT2D eigenvalue weighted by molar-refractivity contribution is 5.68. The Hall–Kier alpha value is -1.66. The molecule has 6 heteroatoms. The Balaban J connectivity index is 1.60. The van der Waals surface area contributed by atoms with Crippen LogP contribution in [-0.4, -0.2) is 53.9 Å². The average molecular weight is 349 g/mol. The maximum atomic E-state index is 12.0. The zero-order valence-corrected chi connectivity index (χ0v) is 15.8. The van der Waals surface area contributed by atoms with Gasteiger partial charge in [-0.25, -0.2) is 4.79 Å². The molecule has 6 nitrogen and oxygen atoms in total. The number of likely N-dealkylation sites (tertiary alicyclic amines) is 1. The Morgan fingerprint density at radius 3 is 2.56 bits per heavy atom. The molecule has 1 amide bonds. The van der Waals surface area contributed by atoms with E-state index in [1.807, 2.05) is 45.3 Å². The number of hydrogen-bond acceptors (Lipinski definition) is 5. The number of amides is 1. The molecule has 1 fully saturated rings. The van der Waals surface area contributed by atoms with E-state index >= 15 is 0 Å². The summed E-state index contributed by atoms with van der Waals surface area (Å²) in [7, 11) is 0. The van der Waals surface area contributed by atoms with Gasteiger partial charge in [-0.2, -0.15) is 0 Å². The third-order valence-electron chi connectivity index (χ3n) is 4.21. The van der Waals surface area contributed by atoms with Crippen molar-refractivity contribution in [2.45, 2.75) is 58.3 Å². The summed E-state index contributed by atoms with van der Waals surface area (Å²) in [5.74, 6) is 0.